The zero-order valence-electron chi connectivity index (χ0n) is 5.66. The summed E-state index contributed by atoms with van der Waals surface area (Å²) in [5.41, 5.74) is 4.27. The Labute approximate surface area is 70.4 Å². The Kier molecular flexibility index (Phi) is 7.84. The van der Waals surface area contributed by atoms with Crippen LogP contribution in [0.1, 0.15) is 0 Å². The predicted octanol–water partition coefficient (Wildman–Crippen LogP) is -1.51. The fraction of sp³-hybridized carbons (Fsp3) is 1.00. The highest BCUT2D eigenvalue weighted by atomic mass is 79.9. The predicted molar refractivity (Wildman–Crippen MR) is 43.1 cm³/mol. The highest BCUT2D eigenvalue weighted by Gasteiger charge is 2.25. The number of hydrogen-bond donors (Lipinski definition) is 4. The van der Waals surface area contributed by atoms with E-state index in [0.717, 1.165) is 0 Å². The lowest BCUT2D eigenvalue weighted by atomic mass is 9.92. The second-order valence-corrected chi connectivity index (χ2v) is 2.18. The van der Waals surface area contributed by atoms with Crippen molar-refractivity contribution in [3.63, 3.8) is 0 Å². The van der Waals surface area contributed by atoms with Crippen LogP contribution in [0, 0.1) is 5.41 Å². The molecule has 0 aromatic heterocycles. The fourth-order valence-corrected chi connectivity index (χ4v) is 0.344. The SMILES string of the molecule is Br.NCC(CO)(CO)CO. The van der Waals surface area contributed by atoms with Gasteiger partial charge in [-0.25, -0.2) is 0 Å². The molecule has 0 heterocycles. The van der Waals surface area contributed by atoms with Gasteiger partial charge in [-0.15, -0.1) is 17.0 Å². The molecule has 0 aliphatic rings. The van der Waals surface area contributed by atoms with Crippen molar-refractivity contribution in [1.29, 1.82) is 0 Å². The molecule has 10 heavy (non-hydrogen) atoms. The van der Waals surface area contributed by atoms with Gasteiger partial charge < -0.3 is 21.1 Å². The lowest BCUT2D eigenvalue weighted by molar-refractivity contribution is 0.0126. The molecule has 64 valence electrons. The average Bonchev–Trinajstić information content (AvgIpc) is 1.95. The Morgan fingerprint density at radius 3 is 1.30 bits per heavy atom. The van der Waals surface area contributed by atoms with Crippen molar-refractivity contribution in [2.24, 2.45) is 11.1 Å². The maximum Gasteiger partial charge on any atom is 0.0543 e. The summed E-state index contributed by atoms with van der Waals surface area (Å²) in [6.07, 6.45) is 0. The summed E-state index contributed by atoms with van der Waals surface area (Å²) in [4.78, 5) is 0. The Balaban J connectivity index is 0. The summed E-state index contributed by atoms with van der Waals surface area (Å²) >= 11 is 0. The van der Waals surface area contributed by atoms with Crippen molar-refractivity contribution in [2.75, 3.05) is 26.4 Å². The van der Waals surface area contributed by atoms with Crippen LogP contribution in [0.5, 0.6) is 0 Å². The van der Waals surface area contributed by atoms with E-state index in [2.05, 4.69) is 0 Å². The van der Waals surface area contributed by atoms with Crippen LogP contribution in [0.2, 0.25) is 0 Å². The molecule has 0 rings (SSSR count). The lowest BCUT2D eigenvalue weighted by Crippen LogP contribution is -2.41. The topological polar surface area (TPSA) is 86.7 Å². The number of rotatable bonds is 4. The molecule has 5 heteroatoms. The van der Waals surface area contributed by atoms with Crippen LogP contribution in [-0.4, -0.2) is 41.7 Å². The van der Waals surface area contributed by atoms with Gasteiger partial charge in [-0.3, -0.25) is 0 Å². The van der Waals surface area contributed by atoms with Gasteiger partial charge in [0.25, 0.3) is 0 Å². The molecule has 0 saturated carbocycles. The van der Waals surface area contributed by atoms with Crippen LogP contribution in [-0.2, 0) is 0 Å². The molecule has 0 saturated heterocycles. The van der Waals surface area contributed by atoms with Gasteiger partial charge in [0, 0.05) is 6.54 Å². The Morgan fingerprint density at radius 1 is 1.00 bits per heavy atom. The van der Waals surface area contributed by atoms with Gasteiger partial charge in [-0.2, -0.15) is 0 Å². The van der Waals surface area contributed by atoms with Gasteiger partial charge in [0.2, 0.25) is 0 Å². The first kappa shape index (κ1) is 12.9. The van der Waals surface area contributed by atoms with E-state index in [0.29, 0.717) is 0 Å². The van der Waals surface area contributed by atoms with Crippen molar-refractivity contribution in [3.05, 3.63) is 0 Å². The lowest BCUT2D eigenvalue weighted by Gasteiger charge is -2.24. The van der Waals surface area contributed by atoms with Gasteiger partial charge in [0.15, 0.2) is 0 Å². The minimum Gasteiger partial charge on any atom is -0.396 e. The second kappa shape index (κ2) is 6.06. The molecule has 0 aromatic carbocycles. The molecule has 0 unspecified atom stereocenters. The van der Waals surface area contributed by atoms with E-state index in [4.69, 9.17) is 21.1 Å². The van der Waals surface area contributed by atoms with Gasteiger partial charge in [-0.05, 0) is 0 Å². The van der Waals surface area contributed by atoms with Gasteiger partial charge >= 0.3 is 0 Å². The van der Waals surface area contributed by atoms with E-state index < -0.39 is 5.41 Å². The zero-order chi connectivity index (χ0) is 7.33. The standard InChI is InChI=1S/C5H13NO3.BrH/c6-1-5(2-7,3-8)4-9;/h7-9H,1-4,6H2;1H. The smallest absolute Gasteiger partial charge is 0.0543 e. The van der Waals surface area contributed by atoms with Crippen LogP contribution in [0.15, 0.2) is 0 Å². The number of aliphatic hydroxyl groups is 3. The molecule has 0 radical (unpaired) electrons. The van der Waals surface area contributed by atoms with Crippen molar-refractivity contribution in [1.82, 2.24) is 0 Å². The maximum atomic E-state index is 8.58. The number of hydrogen-bond acceptors (Lipinski definition) is 4. The fourth-order valence-electron chi connectivity index (χ4n) is 0.344. The van der Waals surface area contributed by atoms with Gasteiger partial charge in [0.1, 0.15) is 0 Å². The summed E-state index contributed by atoms with van der Waals surface area (Å²) in [5.74, 6) is 0. The Bertz CT molecular complexity index is 59.8. The summed E-state index contributed by atoms with van der Waals surface area (Å²) in [5, 5.41) is 25.7. The Hall–Kier alpha value is 0.320. The van der Waals surface area contributed by atoms with Crippen molar-refractivity contribution < 1.29 is 15.3 Å². The summed E-state index contributed by atoms with van der Waals surface area (Å²) < 4.78 is 0. The van der Waals surface area contributed by atoms with E-state index in [1.807, 2.05) is 0 Å². The first-order valence-corrected chi connectivity index (χ1v) is 2.77. The minimum atomic E-state index is -0.889. The number of aliphatic hydroxyl groups excluding tert-OH is 3. The largest absolute Gasteiger partial charge is 0.396 e. The van der Waals surface area contributed by atoms with Crippen LogP contribution >= 0.6 is 17.0 Å². The van der Waals surface area contributed by atoms with Crippen molar-refractivity contribution in [2.45, 2.75) is 0 Å². The summed E-state index contributed by atoms with van der Waals surface area (Å²) in [6, 6.07) is 0. The van der Waals surface area contributed by atoms with Crippen LogP contribution in [0.25, 0.3) is 0 Å². The first-order chi connectivity index (χ1) is 4.24. The third-order valence-electron chi connectivity index (χ3n) is 1.44. The Morgan fingerprint density at radius 2 is 1.30 bits per heavy atom. The quantitative estimate of drug-likeness (QED) is 0.460. The number of halogens is 1. The van der Waals surface area contributed by atoms with Crippen LogP contribution in [0.3, 0.4) is 0 Å². The summed E-state index contributed by atoms with van der Waals surface area (Å²) in [7, 11) is 0. The molecule has 0 amide bonds. The monoisotopic (exact) mass is 215 g/mol. The third-order valence-corrected chi connectivity index (χ3v) is 1.44. The molecule has 0 aromatic rings. The van der Waals surface area contributed by atoms with Gasteiger partial charge in [-0.1, -0.05) is 0 Å². The van der Waals surface area contributed by atoms with E-state index in [1.54, 1.807) is 0 Å². The van der Waals surface area contributed by atoms with E-state index in [-0.39, 0.29) is 43.3 Å². The third kappa shape index (κ3) is 2.94. The molecule has 5 N–H and O–H groups in total. The molecule has 0 spiro atoms. The summed E-state index contributed by atoms with van der Waals surface area (Å²) in [6.45, 7) is -0.750. The van der Waals surface area contributed by atoms with E-state index in [9.17, 15) is 0 Å². The minimum absolute atomic E-state index is 0. The van der Waals surface area contributed by atoms with Gasteiger partial charge in [0.05, 0.1) is 25.2 Å². The molecule has 0 bridgehead atoms. The second-order valence-electron chi connectivity index (χ2n) is 2.18. The molecular formula is C5H14BrNO3. The highest BCUT2D eigenvalue weighted by molar-refractivity contribution is 8.93. The van der Waals surface area contributed by atoms with Crippen LogP contribution in [0.4, 0.5) is 0 Å². The molecular weight excluding hydrogens is 202 g/mol. The zero-order valence-corrected chi connectivity index (χ0v) is 7.37. The highest BCUT2D eigenvalue weighted by Crippen LogP contribution is 2.10. The molecule has 0 aliphatic carbocycles. The van der Waals surface area contributed by atoms with E-state index >= 15 is 0 Å². The van der Waals surface area contributed by atoms with E-state index in [1.165, 1.54) is 0 Å². The molecule has 0 fully saturated rings. The molecule has 0 atom stereocenters. The van der Waals surface area contributed by atoms with Crippen LogP contribution < -0.4 is 5.73 Å². The average molecular weight is 216 g/mol. The molecule has 4 nitrogen and oxygen atoms in total. The first-order valence-electron chi connectivity index (χ1n) is 2.77. The normalized spacial score (nSPS) is 10.8. The molecule has 0 aliphatic heterocycles. The maximum absolute atomic E-state index is 8.58. The number of nitrogens with two attached hydrogens (primary N) is 1. The van der Waals surface area contributed by atoms with Crippen molar-refractivity contribution in [3.8, 4) is 0 Å². The van der Waals surface area contributed by atoms with Crippen molar-refractivity contribution >= 4 is 17.0 Å².